The van der Waals surface area contributed by atoms with Gasteiger partial charge >= 0.3 is 5.69 Å². The molecule has 0 radical (unpaired) electrons. The Bertz CT molecular complexity index is 1450. The van der Waals surface area contributed by atoms with Crippen LogP contribution in [0.5, 0.6) is 0 Å². The predicted octanol–water partition coefficient (Wildman–Crippen LogP) is 3.64. The fourth-order valence-corrected chi connectivity index (χ4v) is 3.84. The number of hydrogen-bond acceptors (Lipinski definition) is 3. The molecule has 166 valence electrons. The molecule has 6 heteroatoms. The van der Waals surface area contributed by atoms with Gasteiger partial charge in [0, 0.05) is 18.7 Å². The summed E-state index contributed by atoms with van der Waals surface area (Å²) in [5.74, 6) is -0.272. The maximum absolute atomic E-state index is 13.3. The number of nitrogens with zero attached hydrogens (tertiary/aromatic N) is 2. The summed E-state index contributed by atoms with van der Waals surface area (Å²) in [7, 11) is 0. The average Bonchev–Trinajstić information content (AvgIpc) is 2.84. The number of aryl methyl sites for hydroxylation is 1. The van der Waals surface area contributed by atoms with Gasteiger partial charge in [-0.05, 0) is 41.8 Å². The first-order chi connectivity index (χ1) is 16.0. The molecule has 3 aromatic carbocycles. The van der Waals surface area contributed by atoms with Crippen molar-refractivity contribution in [3.8, 4) is 0 Å². The largest absolute Gasteiger partial charge is 0.348 e. The van der Waals surface area contributed by atoms with Crippen LogP contribution in [0.25, 0.3) is 10.9 Å². The van der Waals surface area contributed by atoms with Gasteiger partial charge in [0.1, 0.15) is 0 Å². The van der Waals surface area contributed by atoms with Gasteiger partial charge in [0.25, 0.3) is 11.5 Å². The van der Waals surface area contributed by atoms with E-state index in [4.69, 9.17) is 0 Å². The van der Waals surface area contributed by atoms with Crippen molar-refractivity contribution in [2.45, 2.75) is 26.6 Å². The van der Waals surface area contributed by atoms with Crippen molar-refractivity contribution in [3.63, 3.8) is 0 Å². The monoisotopic (exact) mass is 439 g/mol. The van der Waals surface area contributed by atoms with E-state index in [0.717, 1.165) is 16.7 Å². The lowest BCUT2D eigenvalue weighted by molar-refractivity contribution is 0.0951. The predicted molar refractivity (Wildman–Crippen MR) is 131 cm³/mol. The third kappa shape index (κ3) is 4.55. The van der Waals surface area contributed by atoms with Gasteiger partial charge in [-0.15, -0.1) is 6.58 Å². The number of benzene rings is 3. The highest BCUT2D eigenvalue weighted by Gasteiger charge is 2.16. The van der Waals surface area contributed by atoms with Gasteiger partial charge in [-0.2, -0.15) is 0 Å². The zero-order chi connectivity index (χ0) is 23.4. The minimum absolute atomic E-state index is 0.112. The quantitative estimate of drug-likeness (QED) is 0.447. The zero-order valence-electron chi connectivity index (χ0n) is 18.5. The molecule has 1 aromatic heterocycles. The minimum Gasteiger partial charge on any atom is -0.348 e. The van der Waals surface area contributed by atoms with Crippen molar-refractivity contribution >= 4 is 16.8 Å². The molecule has 1 amide bonds. The molecular formula is C27H25N3O3. The van der Waals surface area contributed by atoms with E-state index in [1.807, 2.05) is 61.5 Å². The number of fused-ring (bicyclic) bond motifs is 1. The normalized spacial score (nSPS) is 10.8. The third-order valence-corrected chi connectivity index (χ3v) is 5.69. The molecule has 0 aliphatic carbocycles. The van der Waals surface area contributed by atoms with Crippen molar-refractivity contribution < 1.29 is 4.79 Å². The highest BCUT2D eigenvalue weighted by molar-refractivity contribution is 5.97. The van der Waals surface area contributed by atoms with E-state index >= 15 is 0 Å². The van der Waals surface area contributed by atoms with Crippen molar-refractivity contribution in [1.29, 1.82) is 0 Å². The number of nitrogens with one attached hydrogen (secondary N) is 1. The minimum atomic E-state index is -0.433. The Labute approximate surface area is 191 Å². The second-order valence-electron chi connectivity index (χ2n) is 7.90. The smallest absolute Gasteiger partial charge is 0.332 e. The molecule has 0 saturated heterocycles. The standard InChI is InChI=1S/C27H25N3O3/c1-3-15-29-26(32)23-14-13-21(25(31)28-17-20-10-5-4-6-11-20)16-24(23)30(27(29)33)18-22-12-8-7-9-19(22)2/h3-14,16H,1,15,17-18H2,2H3,(H,28,31). The molecular weight excluding hydrogens is 414 g/mol. The van der Waals surface area contributed by atoms with Gasteiger partial charge in [-0.3, -0.25) is 18.7 Å². The summed E-state index contributed by atoms with van der Waals surface area (Å²) in [5, 5.41) is 3.28. The maximum Gasteiger partial charge on any atom is 0.332 e. The summed E-state index contributed by atoms with van der Waals surface area (Å²) < 4.78 is 2.72. The fraction of sp³-hybridized carbons (Fsp3) is 0.148. The lowest BCUT2D eigenvalue weighted by Crippen LogP contribution is -2.40. The van der Waals surface area contributed by atoms with Gasteiger partial charge in [-0.1, -0.05) is 60.7 Å². The van der Waals surface area contributed by atoms with Crippen LogP contribution in [-0.2, 0) is 19.6 Å². The van der Waals surface area contributed by atoms with E-state index in [0.29, 0.717) is 23.0 Å². The van der Waals surface area contributed by atoms with Crippen molar-refractivity contribution in [2.75, 3.05) is 0 Å². The first kappa shape index (κ1) is 22.0. The van der Waals surface area contributed by atoms with E-state index in [9.17, 15) is 14.4 Å². The Morgan fingerprint density at radius 1 is 0.970 bits per heavy atom. The Kier molecular flexibility index (Phi) is 6.36. The molecule has 0 aliphatic heterocycles. The lowest BCUT2D eigenvalue weighted by Gasteiger charge is -2.15. The second kappa shape index (κ2) is 9.53. The van der Waals surface area contributed by atoms with Gasteiger partial charge in [0.15, 0.2) is 0 Å². The second-order valence-corrected chi connectivity index (χ2v) is 7.90. The van der Waals surface area contributed by atoms with E-state index in [-0.39, 0.29) is 19.0 Å². The van der Waals surface area contributed by atoms with E-state index in [2.05, 4.69) is 11.9 Å². The van der Waals surface area contributed by atoms with E-state index in [1.165, 1.54) is 10.6 Å². The van der Waals surface area contributed by atoms with Gasteiger partial charge in [0.05, 0.1) is 17.4 Å². The Morgan fingerprint density at radius 3 is 2.42 bits per heavy atom. The maximum atomic E-state index is 13.3. The molecule has 4 aromatic rings. The van der Waals surface area contributed by atoms with Crippen molar-refractivity contribution in [2.24, 2.45) is 0 Å². The number of carbonyl (C=O) groups is 1. The Balaban J connectivity index is 1.80. The van der Waals surface area contributed by atoms with Crippen LogP contribution < -0.4 is 16.6 Å². The fourth-order valence-electron chi connectivity index (χ4n) is 3.84. The molecule has 0 fully saturated rings. The number of carbonyl (C=O) groups excluding carboxylic acids is 1. The van der Waals surface area contributed by atoms with Crippen LogP contribution in [0.3, 0.4) is 0 Å². The van der Waals surface area contributed by atoms with Crippen molar-refractivity contribution in [3.05, 3.63) is 129 Å². The van der Waals surface area contributed by atoms with Crippen LogP contribution in [0.2, 0.25) is 0 Å². The Hall–Kier alpha value is -4.19. The topological polar surface area (TPSA) is 73.1 Å². The molecule has 0 aliphatic rings. The number of rotatable bonds is 7. The summed E-state index contributed by atoms with van der Waals surface area (Å²) in [4.78, 5) is 39.1. The van der Waals surface area contributed by atoms with Crippen LogP contribution >= 0.6 is 0 Å². The highest BCUT2D eigenvalue weighted by Crippen LogP contribution is 2.16. The zero-order valence-corrected chi connectivity index (χ0v) is 18.5. The number of hydrogen-bond donors (Lipinski definition) is 1. The lowest BCUT2D eigenvalue weighted by atomic mass is 10.1. The molecule has 0 spiro atoms. The first-order valence-corrected chi connectivity index (χ1v) is 10.7. The summed E-state index contributed by atoms with van der Waals surface area (Å²) in [6.07, 6.45) is 1.53. The Morgan fingerprint density at radius 2 is 1.70 bits per heavy atom. The van der Waals surface area contributed by atoms with E-state index in [1.54, 1.807) is 22.8 Å². The van der Waals surface area contributed by atoms with Crippen molar-refractivity contribution in [1.82, 2.24) is 14.5 Å². The molecule has 6 nitrogen and oxygen atoms in total. The molecule has 1 heterocycles. The molecule has 33 heavy (non-hydrogen) atoms. The van der Waals surface area contributed by atoms with Gasteiger partial charge in [-0.25, -0.2) is 4.79 Å². The van der Waals surface area contributed by atoms with Crippen LogP contribution in [0.15, 0.2) is 95.0 Å². The van der Waals surface area contributed by atoms with E-state index < -0.39 is 11.2 Å². The molecule has 1 N–H and O–H groups in total. The average molecular weight is 440 g/mol. The molecule has 0 unspecified atom stereocenters. The number of aromatic nitrogens is 2. The molecule has 0 bridgehead atoms. The van der Waals surface area contributed by atoms with Gasteiger partial charge in [0.2, 0.25) is 0 Å². The van der Waals surface area contributed by atoms with Crippen LogP contribution in [-0.4, -0.2) is 15.0 Å². The third-order valence-electron chi connectivity index (χ3n) is 5.69. The summed E-state index contributed by atoms with van der Waals surface area (Å²) in [6, 6.07) is 22.2. The molecule has 0 atom stereocenters. The summed E-state index contributed by atoms with van der Waals surface area (Å²) in [6.45, 7) is 6.43. The van der Waals surface area contributed by atoms with Crippen LogP contribution in [0.1, 0.15) is 27.0 Å². The van der Waals surface area contributed by atoms with Crippen LogP contribution in [0.4, 0.5) is 0 Å². The summed E-state index contributed by atoms with van der Waals surface area (Å²) in [5.41, 5.74) is 2.97. The van der Waals surface area contributed by atoms with Crippen LogP contribution in [0, 0.1) is 6.92 Å². The number of allylic oxidation sites excluding steroid dienone is 1. The number of amides is 1. The molecule has 0 saturated carbocycles. The summed E-state index contributed by atoms with van der Waals surface area (Å²) >= 11 is 0. The first-order valence-electron chi connectivity index (χ1n) is 10.7. The highest BCUT2D eigenvalue weighted by atomic mass is 16.2. The molecule has 4 rings (SSSR count). The SMILES string of the molecule is C=CCn1c(=O)c2ccc(C(=O)NCc3ccccc3)cc2n(Cc2ccccc2C)c1=O. The van der Waals surface area contributed by atoms with Gasteiger partial charge < -0.3 is 5.32 Å².